The van der Waals surface area contributed by atoms with E-state index in [1.165, 1.54) is 77.0 Å². The van der Waals surface area contributed by atoms with Crippen LogP contribution in [-0.2, 0) is 9.53 Å². The third kappa shape index (κ3) is 14.1. The van der Waals surface area contributed by atoms with Crippen LogP contribution in [0.3, 0.4) is 0 Å². The van der Waals surface area contributed by atoms with Crippen LogP contribution in [0.25, 0.3) is 0 Å². The number of hydrogen-bond donors (Lipinski definition) is 2. The zero-order valence-electron chi connectivity index (χ0n) is 23.0. The number of ether oxygens (including phenoxy) is 1. The lowest BCUT2D eigenvalue weighted by atomic mass is 10.1. The number of methoxy groups -OCH3 is 1. The molecular formula is C30H48N2O4. The molecule has 0 bridgehead atoms. The van der Waals surface area contributed by atoms with Gasteiger partial charge in [0, 0.05) is 18.0 Å². The Morgan fingerprint density at radius 3 is 2.03 bits per heavy atom. The predicted molar refractivity (Wildman–Crippen MR) is 148 cm³/mol. The summed E-state index contributed by atoms with van der Waals surface area (Å²) in [5.41, 5.74) is 0.917. The lowest BCUT2D eigenvalue weighted by Gasteiger charge is -2.13. The topological polar surface area (TPSA) is 84.5 Å². The Bertz CT molecular complexity index is 817. The summed E-state index contributed by atoms with van der Waals surface area (Å²) in [6.07, 6.45) is 20.7. The van der Waals surface area contributed by atoms with Crippen LogP contribution in [0.2, 0.25) is 0 Å². The quantitative estimate of drug-likeness (QED) is 0.116. The molecule has 1 aromatic carbocycles. The molecule has 0 saturated carbocycles. The third-order valence-corrected chi connectivity index (χ3v) is 6.05. The largest absolute Gasteiger partial charge is 0.465 e. The number of benzene rings is 1. The molecule has 0 aromatic heterocycles. The fourth-order valence-corrected chi connectivity index (χ4v) is 3.99. The summed E-state index contributed by atoms with van der Waals surface area (Å²) in [6.45, 7) is 6.00. The second-order valence-electron chi connectivity index (χ2n) is 9.76. The van der Waals surface area contributed by atoms with Gasteiger partial charge in [-0.1, -0.05) is 70.4 Å². The number of rotatable bonds is 19. The van der Waals surface area contributed by atoms with Crippen molar-refractivity contribution in [1.82, 2.24) is 5.32 Å². The van der Waals surface area contributed by atoms with Gasteiger partial charge in [0.25, 0.3) is 5.91 Å². The van der Waals surface area contributed by atoms with Gasteiger partial charge in [0.15, 0.2) is 0 Å². The number of nitrogens with one attached hydrogen (secondary N) is 2. The standard InChI is InChI=1S/C30H48N2O4/c1-5-6-7-8-9-10-11-12-13-14-15-16-17-18-19-20-28(33)32-27-23-25(29(34)31-24(2)3)21-22-26(27)30(35)36-4/h12-13,21-24H,5-11,14-20H2,1-4H3,(H,31,34)(H,32,33)/b13-12-. The van der Waals surface area contributed by atoms with Crippen LogP contribution < -0.4 is 10.6 Å². The summed E-state index contributed by atoms with van der Waals surface area (Å²) in [5.74, 6) is -0.976. The van der Waals surface area contributed by atoms with E-state index >= 15 is 0 Å². The monoisotopic (exact) mass is 500 g/mol. The van der Waals surface area contributed by atoms with Gasteiger partial charge in [0.2, 0.25) is 5.91 Å². The number of hydrogen-bond acceptors (Lipinski definition) is 4. The number of amides is 2. The van der Waals surface area contributed by atoms with Gasteiger partial charge >= 0.3 is 5.97 Å². The Hall–Kier alpha value is -2.63. The van der Waals surface area contributed by atoms with Crippen LogP contribution in [0.5, 0.6) is 0 Å². The molecule has 0 fully saturated rings. The van der Waals surface area contributed by atoms with E-state index < -0.39 is 5.97 Å². The van der Waals surface area contributed by atoms with Crippen molar-refractivity contribution in [2.24, 2.45) is 0 Å². The predicted octanol–water partition coefficient (Wildman–Crippen LogP) is 7.59. The average Bonchev–Trinajstić information content (AvgIpc) is 2.85. The third-order valence-electron chi connectivity index (χ3n) is 6.05. The highest BCUT2D eigenvalue weighted by atomic mass is 16.5. The zero-order chi connectivity index (χ0) is 26.6. The lowest BCUT2D eigenvalue weighted by Crippen LogP contribution is -2.30. The molecule has 1 rings (SSSR count). The molecule has 0 aliphatic rings. The van der Waals surface area contributed by atoms with Gasteiger partial charge in [-0.25, -0.2) is 4.79 Å². The van der Waals surface area contributed by atoms with Gasteiger partial charge in [-0.2, -0.15) is 0 Å². The van der Waals surface area contributed by atoms with Gasteiger partial charge in [-0.15, -0.1) is 0 Å². The van der Waals surface area contributed by atoms with Gasteiger partial charge in [0.1, 0.15) is 0 Å². The van der Waals surface area contributed by atoms with Crippen LogP contribution >= 0.6 is 0 Å². The van der Waals surface area contributed by atoms with Crippen molar-refractivity contribution in [1.29, 1.82) is 0 Å². The number of carbonyl (C=O) groups excluding carboxylic acids is 3. The van der Waals surface area contributed by atoms with Crippen molar-refractivity contribution in [3.8, 4) is 0 Å². The van der Waals surface area contributed by atoms with E-state index in [4.69, 9.17) is 4.74 Å². The molecule has 0 atom stereocenters. The van der Waals surface area contributed by atoms with Crippen molar-refractivity contribution < 1.29 is 19.1 Å². The van der Waals surface area contributed by atoms with Gasteiger partial charge in [-0.05, 0) is 64.2 Å². The van der Waals surface area contributed by atoms with Crippen molar-refractivity contribution >= 4 is 23.5 Å². The van der Waals surface area contributed by atoms with Crippen LogP contribution in [0.1, 0.15) is 131 Å². The molecule has 0 aliphatic carbocycles. The molecule has 36 heavy (non-hydrogen) atoms. The Labute approximate surface area is 218 Å². The van der Waals surface area contributed by atoms with Gasteiger partial charge < -0.3 is 15.4 Å². The van der Waals surface area contributed by atoms with Crippen LogP contribution in [0.15, 0.2) is 30.4 Å². The SMILES string of the molecule is CCCCCCCC/C=C\CCCCCCCC(=O)Nc1cc(C(=O)NC(C)C)ccc1C(=O)OC. The lowest BCUT2D eigenvalue weighted by molar-refractivity contribution is -0.116. The highest BCUT2D eigenvalue weighted by Crippen LogP contribution is 2.20. The van der Waals surface area contributed by atoms with Crippen molar-refractivity contribution in [3.63, 3.8) is 0 Å². The minimum Gasteiger partial charge on any atom is -0.465 e. The summed E-state index contributed by atoms with van der Waals surface area (Å²) >= 11 is 0. The summed E-state index contributed by atoms with van der Waals surface area (Å²) in [7, 11) is 1.29. The second kappa shape index (κ2) is 19.5. The van der Waals surface area contributed by atoms with E-state index in [1.54, 1.807) is 6.07 Å². The van der Waals surface area contributed by atoms with Crippen molar-refractivity contribution in [2.75, 3.05) is 12.4 Å². The molecule has 0 unspecified atom stereocenters. The summed E-state index contributed by atoms with van der Waals surface area (Å²) in [5, 5.41) is 5.61. The fourth-order valence-electron chi connectivity index (χ4n) is 3.99. The Morgan fingerprint density at radius 1 is 0.861 bits per heavy atom. The van der Waals surface area contributed by atoms with Gasteiger partial charge in [0.05, 0.1) is 18.4 Å². The highest BCUT2D eigenvalue weighted by molar-refractivity contribution is 6.04. The zero-order valence-corrected chi connectivity index (χ0v) is 23.0. The molecule has 2 N–H and O–H groups in total. The summed E-state index contributed by atoms with van der Waals surface area (Å²) in [4.78, 5) is 36.9. The Balaban J connectivity index is 2.30. The molecule has 6 heteroatoms. The molecule has 6 nitrogen and oxygen atoms in total. The van der Waals surface area contributed by atoms with Crippen LogP contribution in [-0.4, -0.2) is 30.9 Å². The molecule has 0 heterocycles. The van der Waals surface area contributed by atoms with Crippen molar-refractivity contribution in [2.45, 2.75) is 117 Å². The maximum atomic E-state index is 12.5. The molecule has 0 saturated heterocycles. The molecule has 0 radical (unpaired) electrons. The number of unbranched alkanes of at least 4 members (excludes halogenated alkanes) is 11. The second-order valence-corrected chi connectivity index (χ2v) is 9.76. The first-order valence-corrected chi connectivity index (χ1v) is 13.9. The molecule has 2 amide bonds. The van der Waals surface area contributed by atoms with Crippen molar-refractivity contribution in [3.05, 3.63) is 41.5 Å². The normalized spacial score (nSPS) is 11.1. The van der Waals surface area contributed by atoms with E-state index in [9.17, 15) is 14.4 Å². The van der Waals surface area contributed by atoms with E-state index in [2.05, 4.69) is 29.7 Å². The molecule has 1 aromatic rings. The van der Waals surface area contributed by atoms with E-state index in [-0.39, 0.29) is 23.4 Å². The van der Waals surface area contributed by atoms with Crippen LogP contribution in [0, 0.1) is 0 Å². The van der Waals surface area contributed by atoms with E-state index in [1.807, 2.05) is 13.8 Å². The first-order chi connectivity index (χ1) is 17.4. The number of esters is 1. The maximum Gasteiger partial charge on any atom is 0.339 e. The highest BCUT2D eigenvalue weighted by Gasteiger charge is 2.17. The molecular weight excluding hydrogens is 452 g/mol. The first kappa shape index (κ1) is 31.4. The van der Waals surface area contributed by atoms with Crippen LogP contribution in [0.4, 0.5) is 5.69 Å². The summed E-state index contributed by atoms with van der Waals surface area (Å²) < 4.78 is 4.82. The maximum absolute atomic E-state index is 12.5. The fraction of sp³-hybridized carbons (Fsp3) is 0.633. The average molecular weight is 501 g/mol. The molecule has 202 valence electrons. The first-order valence-electron chi connectivity index (χ1n) is 13.9. The smallest absolute Gasteiger partial charge is 0.339 e. The minimum absolute atomic E-state index is 0.0167. The van der Waals surface area contributed by atoms with E-state index in [0.717, 1.165) is 25.7 Å². The Kier molecular flexibility index (Phi) is 17.0. The minimum atomic E-state index is -0.554. The molecule has 0 aliphatic heterocycles. The molecule has 0 spiro atoms. The number of anilines is 1. The number of allylic oxidation sites excluding steroid dienone is 2. The van der Waals surface area contributed by atoms with Gasteiger partial charge in [-0.3, -0.25) is 9.59 Å². The number of carbonyl (C=O) groups is 3. The Morgan fingerprint density at radius 2 is 1.44 bits per heavy atom. The summed E-state index contributed by atoms with van der Waals surface area (Å²) in [6, 6.07) is 4.58. The van der Waals surface area contributed by atoms with E-state index in [0.29, 0.717) is 17.7 Å².